The highest BCUT2D eigenvalue weighted by Gasteiger charge is 2.67. The minimum Gasteiger partial charge on any atom is -0.484 e. The molecule has 2 amide bonds. The Morgan fingerprint density at radius 3 is 2.14 bits per heavy atom. The molecule has 0 bridgehead atoms. The highest BCUT2D eigenvalue weighted by Crippen LogP contribution is 2.41. The van der Waals surface area contributed by atoms with Gasteiger partial charge in [-0.15, -0.1) is 0 Å². The van der Waals surface area contributed by atoms with Crippen LogP contribution >= 0.6 is 0 Å². The van der Waals surface area contributed by atoms with Crippen LogP contribution in [0, 0.1) is 0 Å². The summed E-state index contributed by atoms with van der Waals surface area (Å²) in [7, 11) is 4.96. The van der Waals surface area contributed by atoms with Crippen molar-refractivity contribution >= 4 is 17.8 Å². The molecule has 0 aromatic heterocycles. The van der Waals surface area contributed by atoms with Crippen LogP contribution in [0.25, 0.3) is 0 Å². The van der Waals surface area contributed by atoms with Crippen LogP contribution in [0.3, 0.4) is 0 Å². The number of amides is 2. The summed E-state index contributed by atoms with van der Waals surface area (Å²) in [5, 5.41) is 2.61. The summed E-state index contributed by atoms with van der Waals surface area (Å²) >= 11 is 0. The van der Waals surface area contributed by atoms with Crippen molar-refractivity contribution < 1.29 is 33.3 Å². The van der Waals surface area contributed by atoms with Gasteiger partial charge in [0.2, 0.25) is 0 Å². The van der Waals surface area contributed by atoms with Crippen LogP contribution < -0.4 is 10.1 Å². The fourth-order valence-corrected chi connectivity index (χ4v) is 4.91. The molecule has 2 heterocycles. The number of carbonyl (C=O) groups excluding carboxylic acids is 3. The van der Waals surface area contributed by atoms with Gasteiger partial charge in [0.15, 0.2) is 18.9 Å². The number of para-hydroxylation sites is 1. The summed E-state index contributed by atoms with van der Waals surface area (Å²) in [6.07, 6.45) is 1.59. The molecule has 43 heavy (non-hydrogen) atoms. The maximum Gasteiger partial charge on any atom is 0.356 e. The summed E-state index contributed by atoms with van der Waals surface area (Å²) < 4.78 is 23.2. The average Bonchev–Trinajstić information content (AvgIpc) is 3.04. The van der Waals surface area contributed by atoms with Crippen molar-refractivity contribution in [3.63, 3.8) is 0 Å². The van der Waals surface area contributed by atoms with Crippen LogP contribution in [-0.4, -0.2) is 74.0 Å². The Morgan fingerprint density at radius 1 is 1.00 bits per heavy atom. The monoisotopic (exact) mass is 583 g/mol. The molecule has 2 aliphatic rings. The third-order valence-corrected chi connectivity index (χ3v) is 7.02. The Bertz CT molecular complexity index is 1470. The molecule has 10 nitrogen and oxygen atoms in total. The van der Waals surface area contributed by atoms with Gasteiger partial charge in [0.1, 0.15) is 11.4 Å². The smallest absolute Gasteiger partial charge is 0.356 e. The third-order valence-electron chi connectivity index (χ3n) is 7.02. The third kappa shape index (κ3) is 6.15. The van der Waals surface area contributed by atoms with E-state index < -0.39 is 35.8 Å². The molecule has 2 atom stereocenters. The molecule has 3 aromatic rings. The van der Waals surface area contributed by atoms with Crippen molar-refractivity contribution in [1.82, 2.24) is 15.1 Å². The lowest BCUT2D eigenvalue weighted by molar-refractivity contribution is -0.258. The zero-order valence-corrected chi connectivity index (χ0v) is 24.1. The number of nitrogens with one attached hydrogen (secondary N) is 1. The predicted octanol–water partition coefficient (Wildman–Crippen LogP) is 3.39. The zero-order chi connectivity index (χ0) is 30.4. The van der Waals surface area contributed by atoms with Crippen molar-refractivity contribution in [3.8, 4) is 5.75 Å². The maximum atomic E-state index is 14.0. The Kier molecular flexibility index (Phi) is 8.89. The second-order valence-corrected chi connectivity index (χ2v) is 10.2. The van der Waals surface area contributed by atoms with Gasteiger partial charge in [-0.1, -0.05) is 78.9 Å². The van der Waals surface area contributed by atoms with Gasteiger partial charge in [-0.2, -0.15) is 0 Å². The van der Waals surface area contributed by atoms with Crippen LogP contribution in [0.4, 0.5) is 0 Å². The second kappa shape index (κ2) is 12.9. The number of hydrogen-bond acceptors (Lipinski definition) is 8. The Balaban J connectivity index is 1.42. The first-order valence-electron chi connectivity index (χ1n) is 13.7. The minimum absolute atomic E-state index is 0.0127. The SMILES string of the molecule is CO[C@@]1(NC(=O)COc2ccccc2)C(=O)N2C(C(=O)OC(c3ccccc3)c3ccccc3)=C(C=CN(C)C)COC21. The fraction of sp³-hybridized carbons (Fsp3) is 0.242. The van der Waals surface area contributed by atoms with E-state index in [4.69, 9.17) is 18.9 Å². The average molecular weight is 584 g/mol. The van der Waals surface area contributed by atoms with E-state index in [9.17, 15) is 14.4 Å². The molecule has 3 aromatic carbocycles. The fourth-order valence-electron chi connectivity index (χ4n) is 4.91. The quantitative estimate of drug-likeness (QED) is 0.208. The first-order chi connectivity index (χ1) is 20.8. The highest BCUT2D eigenvalue weighted by molar-refractivity contribution is 6.04. The van der Waals surface area contributed by atoms with Gasteiger partial charge >= 0.3 is 5.97 Å². The van der Waals surface area contributed by atoms with E-state index >= 15 is 0 Å². The molecule has 5 rings (SSSR count). The standard InChI is InChI=1S/C33H33N3O7/c1-35(2)20-19-25-21-42-32-33(40-3,34-27(37)22-41-26-17-11-6-12-18-26)31(39)36(32)28(25)30(38)43-29(23-13-7-4-8-14-23)24-15-9-5-10-16-24/h4-20,29,32H,21-22H2,1-3H3,(H,34,37)/t32?,33-/m0/s1. The number of ether oxygens (including phenoxy) is 4. The van der Waals surface area contributed by atoms with E-state index in [1.54, 1.807) is 41.4 Å². The lowest BCUT2D eigenvalue weighted by Gasteiger charge is -2.55. The van der Waals surface area contributed by atoms with Crippen molar-refractivity contribution in [2.24, 2.45) is 0 Å². The lowest BCUT2D eigenvalue weighted by Crippen LogP contribution is -2.82. The van der Waals surface area contributed by atoms with Crippen LogP contribution in [0.2, 0.25) is 0 Å². The number of nitrogens with zero attached hydrogens (tertiary/aromatic N) is 2. The van der Waals surface area contributed by atoms with Crippen LogP contribution in [0.5, 0.6) is 5.75 Å². The number of fused-ring (bicyclic) bond motifs is 1. The molecule has 1 saturated heterocycles. The predicted molar refractivity (Wildman–Crippen MR) is 157 cm³/mol. The van der Waals surface area contributed by atoms with Gasteiger partial charge < -0.3 is 29.2 Å². The van der Waals surface area contributed by atoms with Gasteiger partial charge in [-0.05, 0) is 35.5 Å². The summed E-state index contributed by atoms with van der Waals surface area (Å²) in [5.74, 6) is -1.49. The molecular formula is C33H33N3O7. The molecular weight excluding hydrogens is 550 g/mol. The largest absolute Gasteiger partial charge is 0.484 e. The number of benzene rings is 3. The zero-order valence-electron chi connectivity index (χ0n) is 24.1. The molecule has 2 aliphatic heterocycles. The van der Waals surface area contributed by atoms with Crippen molar-refractivity contribution in [2.45, 2.75) is 18.1 Å². The van der Waals surface area contributed by atoms with Gasteiger partial charge in [-0.3, -0.25) is 14.5 Å². The van der Waals surface area contributed by atoms with E-state index in [-0.39, 0.29) is 18.9 Å². The van der Waals surface area contributed by atoms with Gasteiger partial charge in [-0.25, -0.2) is 4.79 Å². The molecule has 0 spiro atoms. The van der Waals surface area contributed by atoms with Crippen molar-refractivity contribution in [3.05, 3.63) is 126 Å². The van der Waals surface area contributed by atoms with E-state index in [0.29, 0.717) is 11.3 Å². The number of hydrogen-bond donors (Lipinski definition) is 1. The molecule has 222 valence electrons. The summed E-state index contributed by atoms with van der Waals surface area (Å²) in [4.78, 5) is 43.6. The van der Waals surface area contributed by atoms with E-state index in [1.807, 2.05) is 80.8 Å². The van der Waals surface area contributed by atoms with Crippen molar-refractivity contribution in [1.29, 1.82) is 0 Å². The van der Waals surface area contributed by atoms with Gasteiger partial charge in [0.25, 0.3) is 17.5 Å². The molecule has 1 unspecified atom stereocenters. The molecule has 0 aliphatic carbocycles. The van der Waals surface area contributed by atoms with Gasteiger partial charge in [0.05, 0.1) is 6.61 Å². The number of rotatable bonds is 11. The number of β-lactam (4-membered cyclic amide) rings is 1. The van der Waals surface area contributed by atoms with E-state index in [0.717, 1.165) is 11.1 Å². The van der Waals surface area contributed by atoms with Crippen LogP contribution in [-0.2, 0) is 28.6 Å². The topological polar surface area (TPSA) is 107 Å². The first-order valence-corrected chi connectivity index (χ1v) is 13.7. The number of carbonyl (C=O) groups is 3. The normalized spacial score (nSPS) is 19.6. The second-order valence-electron chi connectivity index (χ2n) is 10.2. The highest BCUT2D eigenvalue weighted by atomic mass is 16.6. The Morgan fingerprint density at radius 2 is 1.58 bits per heavy atom. The summed E-state index contributed by atoms with van der Waals surface area (Å²) in [6, 6.07) is 27.5. The molecule has 1 N–H and O–H groups in total. The maximum absolute atomic E-state index is 14.0. The summed E-state index contributed by atoms with van der Waals surface area (Å²) in [5.41, 5.74) is 0.134. The molecule has 0 radical (unpaired) electrons. The van der Waals surface area contributed by atoms with Crippen LogP contribution in [0.1, 0.15) is 17.2 Å². The van der Waals surface area contributed by atoms with Gasteiger partial charge in [0, 0.05) is 26.8 Å². The molecule has 10 heteroatoms. The summed E-state index contributed by atoms with van der Waals surface area (Å²) in [6.45, 7) is -0.390. The molecule has 0 saturated carbocycles. The lowest BCUT2D eigenvalue weighted by atomic mass is 9.94. The van der Waals surface area contributed by atoms with Crippen molar-refractivity contribution in [2.75, 3.05) is 34.4 Å². The van der Waals surface area contributed by atoms with E-state index in [1.165, 1.54) is 12.0 Å². The minimum atomic E-state index is -1.85. The Hall–Kier alpha value is -4.93. The van der Waals surface area contributed by atoms with E-state index in [2.05, 4.69) is 5.32 Å². The molecule has 1 fully saturated rings. The van der Waals surface area contributed by atoms with Crippen LogP contribution in [0.15, 0.2) is 115 Å². The number of methoxy groups -OCH3 is 1. The Labute approximate surface area is 250 Å². The first kappa shape index (κ1) is 29.6. The number of esters is 1.